The Hall–Kier alpha value is -0.820. The van der Waals surface area contributed by atoms with Gasteiger partial charge in [-0.2, -0.15) is 0 Å². The molecule has 0 spiro atoms. The number of amides is 1. The molecule has 1 aromatic heterocycles. The van der Waals surface area contributed by atoms with E-state index in [0.717, 1.165) is 18.7 Å². The van der Waals surface area contributed by atoms with Crippen LogP contribution in [0.4, 0.5) is 0 Å². The molecule has 1 aliphatic carbocycles. The number of halogens is 2. The lowest BCUT2D eigenvalue weighted by Crippen LogP contribution is -2.43. The third-order valence-corrected chi connectivity index (χ3v) is 6.39. The van der Waals surface area contributed by atoms with Crippen LogP contribution in [0, 0.1) is 5.41 Å². The second kappa shape index (κ2) is 7.43. The number of piperidine rings is 1. The first-order valence-electron chi connectivity index (χ1n) is 8.64. The van der Waals surface area contributed by atoms with Crippen LogP contribution in [-0.4, -0.2) is 58.1 Å². The molecule has 2 aliphatic rings. The standard InChI is InChI=1S/C17H25Cl2N3O3/c1-16(11-17(16,18)19)15(23)21-6-3-13(4-7-21)14-20-5-8-22(14)12-25-10-9-24-2/h5,8,13H,3-4,6-7,9-12H2,1-2H3. The van der Waals surface area contributed by atoms with Crippen molar-refractivity contribution >= 4 is 29.1 Å². The summed E-state index contributed by atoms with van der Waals surface area (Å²) in [5.41, 5.74) is -0.628. The number of ether oxygens (including phenoxy) is 2. The number of alkyl halides is 2. The summed E-state index contributed by atoms with van der Waals surface area (Å²) in [5, 5.41) is 0. The van der Waals surface area contributed by atoms with Crippen LogP contribution in [0.3, 0.4) is 0 Å². The van der Waals surface area contributed by atoms with Crippen LogP contribution >= 0.6 is 23.2 Å². The molecule has 25 heavy (non-hydrogen) atoms. The van der Waals surface area contributed by atoms with Crippen molar-refractivity contribution in [3.05, 3.63) is 18.2 Å². The molecule has 140 valence electrons. The molecule has 1 unspecified atom stereocenters. The van der Waals surface area contributed by atoms with E-state index in [1.54, 1.807) is 13.3 Å². The summed E-state index contributed by atoms with van der Waals surface area (Å²) in [6.07, 6.45) is 6.03. The van der Waals surface area contributed by atoms with Gasteiger partial charge in [-0.1, -0.05) is 0 Å². The molecule has 1 aliphatic heterocycles. The van der Waals surface area contributed by atoms with Crippen LogP contribution in [-0.2, 0) is 21.0 Å². The van der Waals surface area contributed by atoms with Crippen molar-refractivity contribution in [3.8, 4) is 0 Å². The predicted molar refractivity (Wildman–Crippen MR) is 95.8 cm³/mol. The Morgan fingerprint density at radius 1 is 1.36 bits per heavy atom. The molecule has 0 radical (unpaired) electrons. The first-order chi connectivity index (χ1) is 11.9. The number of aromatic nitrogens is 2. The smallest absolute Gasteiger partial charge is 0.231 e. The van der Waals surface area contributed by atoms with E-state index in [0.29, 0.717) is 45.4 Å². The van der Waals surface area contributed by atoms with Gasteiger partial charge in [-0.3, -0.25) is 4.79 Å². The van der Waals surface area contributed by atoms with Crippen LogP contribution in [0.1, 0.15) is 37.9 Å². The lowest BCUT2D eigenvalue weighted by atomic mass is 9.94. The second-order valence-electron chi connectivity index (χ2n) is 7.07. The van der Waals surface area contributed by atoms with Gasteiger partial charge in [-0.15, -0.1) is 23.2 Å². The summed E-state index contributed by atoms with van der Waals surface area (Å²) in [7, 11) is 1.65. The predicted octanol–water partition coefficient (Wildman–Crippen LogP) is 2.79. The molecule has 6 nitrogen and oxygen atoms in total. The Morgan fingerprint density at radius 2 is 2.04 bits per heavy atom. The molecule has 3 rings (SSSR count). The highest BCUT2D eigenvalue weighted by atomic mass is 35.5. The molecule has 1 saturated heterocycles. The van der Waals surface area contributed by atoms with Gasteiger partial charge in [0.05, 0.1) is 18.6 Å². The summed E-state index contributed by atoms with van der Waals surface area (Å²) in [4.78, 5) is 19.1. The highest BCUT2D eigenvalue weighted by Gasteiger charge is 2.68. The van der Waals surface area contributed by atoms with Crippen LogP contribution in [0.15, 0.2) is 12.4 Å². The maximum atomic E-state index is 12.7. The van der Waals surface area contributed by atoms with E-state index in [9.17, 15) is 4.79 Å². The lowest BCUT2D eigenvalue weighted by molar-refractivity contribution is -0.137. The van der Waals surface area contributed by atoms with Gasteiger partial charge in [-0.05, 0) is 26.2 Å². The zero-order chi connectivity index (χ0) is 18.1. The van der Waals surface area contributed by atoms with E-state index in [1.165, 1.54) is 0 Å². The topological polar surface area (TPSA) is 56.6 Å². The maximum Gasteiger partial charge on any atom is 0.231 e. The fourth-order valence-corrected chi connectivity index (χ4v) is 4.11. The number of methoxy groups -OCH3 is 1. The average Bonchev–Trinajstić information content (AvgIpc) is 2.94. The summed E-state index contributed by atoms with van der Waals surface area (Å²) >= 11 is 12.3. The highest BCUT2D eigenvalue weighted by Crippen LogP contribution is 2.64. The molecule has 0 bridgehead atoms. The van der Waals surface area contributed by atoms with Crippen LogP contribution in [0.25, 0.3) is 0 Å². The van der Waals surface area contributed by atoms with E-state index < -0.39 is 9.75 Å². The number of imidazole rings is 1. The zero-order valence-electron chi connectivity index (χ0n) is 14.7. The van der Waals surface area contributed by atoms with Gasteiger partial charge in [0.1, 0.15) is 16.9 Å². The van der Waals surface area contributed by atoms with Crippen molar-refractivity contribution in [2.45, 2.75) is 43.2 Å². The van der Waals surface area contributed by atoms with Crippen LogP contribution in [0.2, 0.25) is 0 Å². The van der Waals surface area contributed by atoms with E-state index >= 15 is 0 Å². The van der Waals surface area contributed by atoms with Crippen LogP contribution < -0.4 is 0 Å². The number of hydrogen-bond donors (Lipinski definition) is 0. The summed E-state index contributed by atoms with van der Waals surface area (Å²) < 4.78 is 11.7. The van der Waals surface area contributed by atoms with Gasteiger partial charge < -0.3 is 18.9 Å². The van der Waals surface area contributed by atoms with Gasteiger partial charge in [0.2, 0.25) is 5.91 Å². The molecule has 1 saturated carbocycles. The number of carbonyl (C=O) groups is 1. The van der Waals surface area contributed by atoms with Gasteiger partial charge in [0.25, 0.3) is 0 Å². The van der Waals surface area contributed by atoms with Crippen molar-refractivity contribution in [2.24, 2.45) is 5.41 Å². The van der Waals surface area contributed by atoms with E-state index in [1.807, 2.05) is 22.6 Å². The largest absolute Gasteiger partial charge is 0.382 e. The molecule has 1 amide bonds. The number of carbonyl (C=O) groups excluding carboxylic acids is 1. The molecular formula is C17H25Cl2N3O3. The zero-order valence-corrected chi connectivity index (χ0v) is 16.2. The van der Waals surface area contributed by atoms with Crippen molar-refractivity contribution in [1.82, 2.24) is 14.5 Å². The Balaban J connectivity index is 1.53. The Morgan fingerprint density at radius 3 is 2.64 bits per heavy atom. The van der Waals surface area contributed by atoms with E-state index in [-0.39, 0.29) is 5.91 Å². The number of nitrogens with zero attached hydrogens (tertiary/aromatic N) is 3. The molecule has 2 fully saturated rings. The Bertz CT molecular complexity index is 614. The van der Waals surface area contributed by atoms with Crippen molar-refractivity contribution in [1.29, 1.82) is 0 Å². The van der Waals surface area contributed by atoms with Gasteiger partial charge in [0.15, 0.2) is 0 Å². The minimum atomic E-state index is -0.906. The number of rotatable bonds is 7. The Kier molecular flexibility index (Phi) is 5.63. The molecule has 0 N–H and O–H groups in total. The first-order valence-corrected chi connectivity index (χ1v) is 9.39. The normalized spacial score (nSPS) is 26.0. The average molecular weight is 390 g/mol. The molecule has 8 heteroatoms. The van der Waals surface area contributed by atoms with Crippen LogP contribution in [0.5, 0.6) is 0 Å². The minimum Gasteiger partial charge on any atom is -0.382 e. The summed E-state index contributed by atoms with van der Waals surface area (Å²) in [5.74, 6) is 1.42. The van der Waals surface area contributed by atoms with Gasteiger partial charge in [-0.25, -0.2) is 4.98 Å². The van der Waals surface area contributed by atoms with E-state index in [2.05, 4.69) is 4.98 Å². The number of likely N-dealkylation sites (tertiary alicyclic amines) is 1. The van der Waals surface area contributed by atoms with Gasteiger partial charge >= 0.3 is 0 Å². The third-order valence-electron chi connectivity index (χ3n) is 5.29. The maximum absolute atomic E-state index is 12.7. The Labute approximate surface area is 158 Å². The minimum absolute atomic E-state index is 0.0715. The fraction of sp³-hybridized carbons (Fsp3) is 0.765. The molecule has 2 heterocycles. The molecule has 1 atom stereocenters. The third kappa shape index (κ3) is 3.82. The molecular weight excluding hydrogens is 365 g/mol. The lowest BCUT2D eigenvalue weighted by Gasteiger charge is -2.34. The van der Waals surface area contributed by atoms with Crippen molar-refractivity contribution in [2.75, 3.05) is 33.4 Å². The first kappa shape index (κ1) is 19.0. The number of hydrogen-bond acceptors (Lipinski definition) is 4. The molecule has 1 aromatic rings. The highest BCUT2D eigenvalue weighted by molar-refractivity contribution is 6.53. The van der Waals surface area contributed by atoms with Gasteiger partial charge in [0, 0.05) is 38.5 Å². The van der Waals surface area contributed by atoms with Crippen molar-refractivity contribution < 1.29 is 14.3 Å². The molecule has 0 aromatic carbocycles. The second-order valence-corrected chi connectivity index (χ2v) is 8.55. The van der Waals surface area contributed by atoms with Crippen molar-refractivity contribution in [3.63, 3.8) is 0 Å². The quantitative estimate of drug-likeness (QED) is 0.531. The fourth-order valence-electron chi connectivity index (χ4n) is 3.42. The SMILES string of the molecule is COCCOCn1ccnc1C1CCN(C(=O)C2(C)CC2(Cl)Cl)CC1. The summed E-state index contributed by atoms with van der Waals surface area (Å²) in [6, 6.07) is 0. The van der Waals surface area contributed by atoms with E-state index in [4.69, 9.17) is 32.7 Å². The monoisotopic (exact) mass is 389 g/mol. The summed E-state index contributed by atoms with van der Waals surface area (Å²) in [6.45, 7) is 4.87.